The number of anilines is 2. The molecule has 1 aromatic rings. The Bertz CT molecular complexity index is 479. The van der Waals surface area contributed by atoms with Crippen LogP contribution in [0.25, 0.3) is 0 Å². The van der Waals surface area contributed by atoms with E-state index in [-0.39, 0.29) is 24.3 Å². The largest absolute Gasteiger partial charge is 0.372 e. The van der Waals surface area contributed by atoms with E-state index in [0.717, 1.165) is 30.9 Å². The lowest BCUT2D eigenvalue weighted by Gasteiger charge is -2.36. The fraction of sp³-hybridized carbons (Fsp3) is 0.588. The summed E-state index contributed by atoms with van der Waals surface area (Å²) in [6.07, 6.45) is 1.39. The second kappa shape index (κ2) is 7.49. The van der Waals surface area contributed by atoms with Gasteiger partial charge in [0.05, 0.1) is 12.2 Å². The van der Waals surface area contributed by atoms with Crippen LogP contribution in [0.4, 0.5) is 16.2 Å². The van der Waals surface area contributed by atoms with Crippen molar-refractivity contribution in [3.05, 3.63) is 24.3 Å². The van der Waals surface area contributed by atoms with Crippen LogP contribution >= 0.6 is 0 Å². The Morgan fingerprint density at radius 1 is 1.27 bits per heavy atom. The maximum atomic E-state index is 11.8. The molecule has 0 aliphatic carbocycles. The van der Waals surface area contributed by atoms with Gasteiger partial charge in [0.2, 0.25) is 0 Å². The summed E-state index contributed by atoms with van der Waals surface area (Å²) in [4.78, 5) is 14.1. The van der Waals surface area contributed by atoms with E-state index < -0.39 is 0 Å². The number of nitrogens with zero attached hydrogens (tertiary/aromatic N) is 1. The molecule has 122 valence electrons. The Kier molecular flexibility index (Phi) is 5.66. The van der Waals surface area contributed by atoms with E-state index in [1.165, 1.54) is 0 Å². The van der Waals surface area contributed by atoms with Crippen LogP contribution in [-0.4, -0.2) is 37.4 Å². The summed E-state index contributed by atoms with van der Waals surface area (Å²) >= 11 is 0. The van der Waals surface area contributed by atoms with Crippen molar-refractivity contribution < 1.29 is 9.53 Å². The van der Waals surface area contributed by atoms with E-state index in [4.69, 9.17) is 4.74 Å². The molecule has 1 heterocycles. The first-order chi connectivity index (χ1) is 10.5. The molecule has 2 N–H and O–H groups in total. The Labute approximate surface area is 133 Å². The van der Waals surface area contributed by atoms with Crippen LogP contribution in [0.1, 0.15) is 34.1 Å². The molecule has 0 bridgehead atoms. The normalized spacial score (nSPS) is 23.0. The zero-order chi connectivity index (χ0) is 16.1. The molecular weight excluding hydrogens is 278 g/mol. The monoisotopic (exact) mass is 305 g/mol. The molecule has 22 heavy (non-hydrogen) atoms. The maximum absolute atomic E-state index is 11.8. The van der Waals surface area contributed by atoms with Crippen molar-refractivity contribution in [2.45, 2.75) is 52.4 Å². The number of benzene rings is 1. The Morgan fingerprint density at radius 3 is 2.41 bits per heavy atom. The number of carbonyl (C=O) groups excluding carboxylic acids is 1. The topological polar surface area (TPSA) is 53.6 Å². The van der Waals surface area contributed by atoms with Crippen LogP contribution < -0.4 is 15.5 Å². The van der Waals surface area contributed by atoms with Gasteiger partial charge in [-0.2, -0.15) is 0 Å². The Morgan fingerprint density at radius 2 is 1.86 bits per heavy atom. The maximum Gasteiger partial charge on any atom is 0.319 e. The molecule has 5 nitrogen and oxygen atoms in total. The molecule has 1 aliphatic rings. The van der Waals surface area contributed by atoms with E-state index in [0.29, 0.717) is 0 Å². The molecule has 0 saturated carbocycles. The van der Waals surface area contributed by atoms with Gasteiger partial charge in [-0.1, -0.05) is 6.92 Å². The summed E-state index contributed by atoms with van der Waals surface area (Å²) in [5.41, 5.74) is 1.97. The standard InChI is InChI=1S/C17H27N3O2/c1-5-12(2)18-17(21)19-15-6-8-16(9-7-15)20-10-13(3)22-14(4)11-20/h6-9,12-14H,5,10-11H2,1-4H3,(H2,18,19,21)/t12-,13-,14+/m0/s1. The molecule has 5 heteroatoms. The van der Waals surface area contributed by atoms with Crippen molar-refractivity contribution in [1.29, 1.82) is 0 Å². The first-order valence-corrected chi connectivity index (χ1v) is 8.06. The van der Waals surface area contributed by atoms with E-state index in [2.05, 4.69) is 29.4 Å². The van der Waals surface area contributed by atoms with Crippen molar-refractivity contribution in [1.82, 2.24) is 5.32 Å². The summed E-state index contributed by atoms with van der Waals surface area (Å²) < 4.78 is 5.75. The van der Waals surface area contributed by atoms with Crippen LogP contribution in [0.15, 0.2) is 24.3 Å². The Hall–Kier alpha value is -1.75. The molecule has 0 radical (unpaired) electrons. The second-order valence-electron chi connectivity index (χ2n) is 6.12. The van der Waals surface area contributed by atoms with Crippen LogP contribution in [-0.2, 0) is 4.74 Å². The zero-order valence-corrected chi connectivity index (χ0v) is 13.9. The highest BCUT2D eigenvalue weighted by Gasteiger charge is 2.22. The number of ether oxygens (including phenoxy) is 1. The number of morpholine rings is 1. The fourth-order valence-corrected chi connectivity index (χ4v) is 2.64. The van der Waals surface area contributed by atoms with Gasteiger partial charge in [-0.15, -0.1) is 0 Å². The minimum absolute atomic E-state index is 0.157. The predicted octanol–water partition coefficient (Wildman–Crippen LogP) is 3.22. The molecule has 2 rings (SSSR count). The summed E-state index contributed by atoms with van der Waals surface area (Å²) in [7, 11) is 0. The van der Waals surface area contributed by atoms with Crippen molar-refractivity contribution >= 4 is 17.4 Å². The third-order valence-electron chi connectivity index (χ3n) is 3.90. The molecule has 0 unspecified atom stereocenters. The first kappa shape index (κ1) is 16.6. The summed E-state index contributed by atoms with van der Waals surface area (Å²) in [5, 5.41) is 5.75. The molecule has 0 spiro atoms. The van der Waals surface area contributed by atoms with E-state index >= 15 is 0 Å². The number of hydrogen-bond donors (Lipinski definition) is 2. The summed E-state index contributed by atoms with van der Waals surface area (Å²) in [5.74, 6) is 0. The number of amides is 2. The van der Waals surface area contributed by atoms with Gasteiger partial charge >= 0.3 is 6.03 Å². The van der Waals surface area contributed by atoms with Crippen molar-refractivity contribution in [2.75, 3.05) is 23.3 Å². The van der Waals surface area contributed by atoms with E-state index in [9.17, 15) is 4.79 Å². The van der Waals surface area contributed by atoms with Gasteiger partial charge in [-0.05, 0) is 51.5 Å². The number of nitrogens with one attached hydrogen (secondary N) is 2. The average Bonchev–Trinajstić information content (AvgIpc) is 2.46. The minimum Gasteiger partial charge on any atom is -0.372 e. The lowest BCUT2D eigenvalue weighted by Crippen LogP contribution is -2.45. The van der Waals surface area contributed by atoms with E-state index in [1.807, 2.05) is 38.1 Å². The van der Waals surface area contributed by atoms with Crippen molar-refractivity contribution in [3.63, 3.8) is 0 Å². The van der Waals surface area contributed by atoms with E-state index in [1.54, 1.807) is 0 Å². The SMILES string of the molecule is CC[C@H](C)NC(=O)Nc1ccc(N2C[C@@H](C)O[C@@H](C)C2)cc1. The minimum atomic E-state index is -0.157. The van der Waals surface area contributed by atoms with Gasteiger partial charge in [-0.25, -0.2) is 4.79 Å². The number of carbonyl (C=O) groups is 1. The molecule has 2 amide bonds. The average molecular weight is 305 g/mol. The van der Waals surface area contributed by atoms with Gasteiger partial charge in [0.1, 0.15) is 0 Å². The zero-order valence-electron chi connectivity index (χ0n) is 13.9. The van der Waals surface area contributed by atoms with Crippen LogP contribution in [0, 0.1) is 0 Å². The summed E-state index contributed by atoms with van der Waals surface area (Å²) in [6, 6.07) is 7.99. The first-order valence-electron chi connectivity index (χ1n) is 8.06. The third kappa shape index (κ3) is 4.63. The molecular formula is C17H27N3O2. The summed E-state index contributed by atoms with van der Waals surface area (Å²) in [6.45, 7) is 10.0. The molecule has 3 atom stereocenters. The lowest BCUT2D eigenvalue weighted by molar-refractivity contribution is -0.00521. The highest BCUT2D eigenvalue weighted by molar-refractivity contribution is 5.89. The van der Waals surface area contributed by atoms with Crippen molar-refractivity contribution in [2.24, 2.45) is 0 Å². The molecule has 1 aliphatic heterocycles. The number of rotatable bonds is 4. The smallest absolute Gasteiger partial charge is 0.319 e. The fourth-order valence-electron chi connectivity index (χ4n) is 2.64. The molecule has 1 aromatic carbocycles. The molecule has 1 saturated heterocycles. The second-order valence-corrected chi connectivity index (χ2v) is 6.12. The number of urea groups is 1. The quantitative estimate of drug-likeness (QED) is 0.898. The van der Waals surface area contributed by atoms with Crippen molar-refractivity contribution in [3.8, 4) is 0 Å². The van der Waals surface area contributed by atoms with Crippen LogP contribution in [0.5, 0.6) is 0 Å². The highest BCUT2D eigenvalue weighted by Crippen LogP contribution is 2.22. The number of hydrogen-bond acceptors (Lipinski definition) is 3. The third-order valence-corrected chi connectivity index (χ3v) is 3.90. The van der Waals surface area contributed by atoms with Gasteiger partial charge < -0.3 is 20.3 Å². The predicted molar refractivity (Wildman–Crippen MR) is 90.6 cm³/mol. The lowest BCUT2D eigenvalue weighted by atomic mass is 10.2. The molecule has 0 aromatic heterocycles. The molecule has 1 fully saturated rings. The van der Waals surface area contributed by atoms with Gasteiger partial charge in [0.15, 0.2) is 0 Å². The van der Waals surface area contributed by atoms with Gasteiger partial charge in [0.25, 0.3) is 0 Å². The Balaban J connectivity index is 1.94. The van der Waals surface area contributed by atoms with Crippen LogP contribution in [0.2, 0.25) is 0 Å². The van der Waals surface area contributed by atoms with Crippen LogP contribution in [0.3, 0.4) is 0 Å². The highest BCUT2D eigenvalue weighted by atomic mass is 16.5. The van der Waals surface area contributed by atoms with Gasteiger partial charge in [0, 0.05) is 30.5 Å². The van der Waals surface area contributed by atoms with Gasteiger partial charge in [-0.3, -0.25) is 0 Å².